The summed E-state index contributed by atoms with van der Waals surface area (Å²) in [6, 6.07) is 17.3. The second-order valence-corrected chi connectivity index (χ2v) is 18.6. The third kappa shape index (κ3) is 3.35. The van der Waals surface area contributed by atoms with E-state index in [1.807, 2.05) is 60.7 Å². The number of carboxylic acids is 1. The first-order chi connectivity index (χ1) is 19.1. The number of carboxylic acid groups (broad SMARTS) is 1. The van der Waals surface area contributed by atoms with Gasteiger partial charge in [0.1, 0.15) is 25.2 Å². The molecule has 6 rings (SSSR count). The van der Waals surface area contributed by atoms with Crippen LogP contribution in [0.2, 0.25) is 0 Å². The van der Waals surface area contributed by atoms with Crippen molar-refractivity contribution in [3.63, 3.8) is 0 Å². The zero-order valence-corrected chi connectivity index (χ0v) is 24.3. The monoisotopic (exact) mass is 583 g/mol. The smallest absolute Gasteiger partial charge is 0.339 e. The Kier molecular flexibility index (Phi) is 6.45. The third-order valence-electron chi connectivity index (χ3n) is 9.67. The Hall–Kier alpha value is -2.73. The van der Waals surface area contributed by atoms with E-state index < -0.39 is 54.1 Å². The van der Waals surface area contributed by atoms with Crippen molar-refractivity contribution in [2.45, 2.75) is 60.5 Å². The summed E-state index contributed by atoms with van der Waals surface area (Å²) in [6.45, 7) is 1.92. The second-order valence-electron chi connectivity index (χ2n) is 11.6. The second kappa shape index (κ2) is 9.40. The summed E-state index contributed by atoms with van der Waals surface area (Å²) in [5.74, 6) is -2.20. The van der Waals surface area contributed by atoms with Crippen molar-refractivity contribution < 1.29 is 28.6 Å². The molecule has 4 fully saturated rings. The van der Waals surface area contributed by atoms with Crippen molar-refractivity contribution in [3.8, 4) is 0 Å². The van der Waals surface area contributed by atoms with Crippen LogP contribution in [0.1, 0.15) is 30.9 Å². The number of benzene rings is 2. The Labute approximate surface area is 233 Å². The highest BCUT2D eigenvalue weighted by Crippen LogP contribution is 3.15. The minimum Gasteiger partial charge on any atom is -0.479 e. The number of likely N-dealkylation sites (tertiary alicyclic amines) is 2. The molecule has 4 aliphatic rings. The SMILES string of the molecule is C[C@H](N)C(=O)N1CCC[C@H]1C(=O)N1CC2C3([C@]1(C(=O)O)P3(=O)CCc1ccccc1)P2(=O)CCc1ccccc1. The highest BCUT2D eigenvalue weighted by atomic mass is 31.2. The van der Waals surface area contributed by atoms with Gasteiger partial charge in [-0.3, -0.25) is 9.59 Å². The molecule has 4 saturated heterocycles. The van der Waals surface area contributed by atoms with Crippen molar-refractivity contribution >= 4 is 32.1 Å². The largest absolute Gasteiger partial charge is 0.479 e. The minimum atomic E-state index is -3.66. The molecule has 212 valence electrons. The quantitative estimate of drug-likeness (QED) is 0.432. The van der Waals surface area contributed by atoms with E-state index in [0.717, 1.165) is 11.1 Å². The summed E-state index contributed by atoms with van der Waals surface area (Å²) in [4.78, 5) is 41.4. The molecule has 9 nitrogen and oxygen atoms in total. The molecule has 0 aliphatic carbocycles. The predicted molar refractivity (Wildman–Crippen MR) is 152 cm³/mol. The number of aryl methyl sites for hydroxylation is 2. The average molecular weight is 584 g/mol. The molecule has 1 spiro atoms. The van der Waals surface area contributed by atoms with E-state index in [1.165, 1.54) is 9.80 Å². The number of hydrogen-bond donors (Lipinski definition) is 2. The molecule has 0 bridgehead atoms. The molecule has 4 heterocycles. The molecule has 0 saturated carbocycles. The number of aliphatic carboxylic acids is 1. The number of carbonyl (C=O) groups is 3. The summed E-state index contributed by atoms with van der Waals surface area (Å²) < 4.78 is 29.6. The molecule has 0 radical (unpaired) electrons. The topological polar surface area (TPSA) is 138 Å². The lowest BCUT2D eigenvalue weighted by atomic mass is 10.1. The van der Waals surface area contributed by atoms with E-state index in [1.54, 1.807) is 6.92 Å². The zero-order valence-electron chi connectivity index (χ0n) is 22.5. The molecule has 0 aromatic heterocycles. The Morgan fingerprint density at radius 1 is 1.00 bits per heavy atom. The van der Waals surface area contributed by atoms with Crippen LogP contribution in [0.25, 0.3) is 0 Å². The molecule has 2 aromatic carbocycles. The minimum absolute atomic E-state index is 0.00321. The van der Waals surface area contributed by atoms with Crippen molar-refractivity contribution in [1.29, 1.82) is 0 Å². The maximum atomic E-state index is 15.0. The van der Waals surface area contributed by atoms with Gasteiger partial charge < -0.3 is 29.8 Å². The van der Waals surface area contributed by atoms with Gasteiger partial charge in [-0.2, -0.15) is 0 Å². The van der Waals surface area contributed by atoms with Crippen LogP contribution in [0.4, 0.5) is 0 Å². The first-order valence-corrected chi connectivity index (χ1v) is 17.8. The van der Waals surface area contributed by atoms with E-state index in [0.29, 0.717) is 32.2 Å². The van der Waals surface area contributed by atoms with Gasteiger partial charge in [-0.15, -0.1) is 0 Å². The Morgan fingerprint density at radius 3 is 2.12 bits per heavy atom. The number of amides is 2. The normalized spacial score (nSPS) is 36.0. The van der Waals surface area contributed by atoms with E-state index >= 15 is 4.57 Å². The van der Waals surface area contributed by atoms with Crippen molar-refractivity contribution in [2.24, 2.45) is 5.73 Å². The molecule has 2 aromatic rings. The molecular weight excluding hydrogens is 548 g/mol. The molecule has 4 unspecified atom stereocenters. The maximum absolute atomic E-state index is 15.0. The summed E-state index contributed by atoms with van der Waals surface area (Å²) in [5, 5.41) is 8.82. The summed E-state index contributed by atoms with van der Waals surface area (Å²) in [7, 11) is -6.85. The predicted octanol–water partition coefficient (Wildman–Crippen LogP) is 3.25. The molecule has 3 N–H and O–H groups in total. The van der Waals surface area contributed by atoms with Gasteiger partial charge in [-0.05, 0) is 43.7 Å². The number of nitrogens with zero attached hydrogens (tertiary/aromatic N) is 2. The first kappa shape index (κ1) is 27.4. The van der Waals surface area contributed by atoms with Crippen LogP contribution < -0.4 is 5.73 Å². The fourth-order valence-corrected chi connectivity index (χ4v) is 22.0. The van der Waals surface area contributed by atoms with Gasteiger partial charge in [0.15, 0.2) is 0 Å². The van der Waals surface area contributed by atoms with E-state index in [-0.39, 0.29) is 24.8 Å². The molecular formula is C29H35N3O6P2. The number of hydrogen-bond acceptors (Lipinski definition) is 6. The van der Waals surface area contributed by atoms with Gasteiger partial charge in [0.25, 0.3) is 0 Å². The van der Waals surface area contributed by atoms with E-state index in [4.69, 9.17) is 5.73 Å². The van der Waals surface area contributed by atoms with Crippen LogP contribution in [0.3, 0.4) is 0 Å². The summed E-state index contributed by atoms with van der Waals surface area (Å²) >= 11 is 0. The summed E-state index contributed by atoms with van der Waals surface area (Å²) in [5.41, 5.74) is 7.14. The van der Waals surface area contributed by atoms with Crippen LogP contribution in [0, 0.1) is 0 Å². The van der Waals surface area contributed by atoms with Crippen LogP contribution in [-0.4, -0.2) is 86.0 Å². The number of carbonyl (C=O) groups excluding carboxylic acids is 2. The van der Waals surface area contributed by atoms with Gasteiger partial charge in [0.2, 0.25) is 17.1 Å². The fraction of sp³-hybridized carbons (Fsp3) is 0.483. The van der Waals surface area contributed by atoms with Crippen LogP contribution >= 0.6 is 14.3 Å². The van der Waals surface area contributed by atoms with Crippen molar-refractivity contribution in [3.05, 3.63) is 71.8 Å². The fourth-order valence-electron chi connectivity index (χ4n) is 7.93. The maximum Gasteiger partial charge on any atom is 0.339 e. The molecule has 11 heteroatoms. The third-order valence-corrected chi connectivity index (χ3v) is 20.2. The van der Waals surface area contributed by atoms with Crippen LogP contribution in [0.5, 0.6) is 0 Å². The van der Waals surface area contributed by atoms with E-state index in [2.05, 4.69) is 0 Å². The van der Waals surface area contributed by atoms with Gasteiger partial charge in [0.05, 0.1) is 11.7 Å². The standard InChI is InChI=1S/C29H35N3O6P2/c1-20(30)25(33)31-16-8-13-23(31)26(34)32-19-24-29(39(24,37)17-14-21-9-4-2-5-10-21)28(32,27(35)36)40(29,38)18-15-22-11-6-3-7-12-22/h2-7,9-12,20,23-24H,8,13-19,30H2,1H3,(H,35,36)/t20-,23-,24?,28-,29?,39?,40?/m0/s1. The lowest BCUT2D eigenvalue weighted by molar-refractivity contribution is -0.152. The molecule has 4 aliphatic heterocycles. The molecule has 40 heavy (non-hydrogen) atoms. The van der Waals surface area contributed by atoms with Crippen molar-refractivity contribution in [1.82, 2.24) is 9.80 Å². The summed E-state index contributed by atoms with van der Waals surface area (Å²) in [6.07, 6.45) is 2.21. The Bertz CT molecular complexity index is 1470. The Morgan fingerprint density at radius 2 is 1.57 bits per heavy atom. The lowest BCUT2D eigenvalue weighted by Gasteiger charge is -2.34. The lowest BCUT2D eigenvalue weighted by Crippen LogP contribution is -2.56. The van der Waals surface area contributed by atoms with Crippen molar-refractivity contribution in [2.75, 3.05) is 25.4 Å². The van der Waals surface area contributed by atoms with Crippen LogP contribution in [0.15, 0.2) is 60.7 Å². The Balaban J connectivity index is 1.36. The zero-order chi connectivity index (χ0) is 28.5. The van der Waals surface area contributed by atoms with Gasteiger partial charge in [0, 0.05) is 25.4 Å². The highest BCUT2D eigenvalue weighted by Gasteiger charge is 3.12. The first-order valence-electron chi connectivity index (χ1n) is 13.9. The number of rotatable bonds is 9. The van der Waals surface area contributed by atoms with Crippen LogP contribution in [-0.2, 0) is 36.4 Å². The van der Waals surface area contributed by atoms with E-state index in [9.17, 15) is 24.1 Å². The van der Waals surface area contributed by atoms with Gasteiger partial charge in [-0.25, -0.2) is 4.79 Å². The van der Waals surface area contributed by atoms with Gasteiger partial charge >= 0.3 is 5.97 Å². The highest BCUT2D eigenvalue weighted by molar-refractivity contribution is 8.00. The number of nitrogens with two attached hydrogens (primary N) is 1. The average Bonchev–Trinajstić information content (AvgIpc) is 3.40. The molecule has 7 atom stereocenters. The molecule has 2 amide bonds. The van der Waals surface area contributed by atoms with Gasteiger partial charge in [-0.1, -0.05) is 60.7 Å².